The average molecular weight is 183 g/mol. The Balaban J connectivity index is 2.09. The van der Waals surface area contributed by atoms with Gasteiger partial charge in [-0.1, -0.05) is 0 Å². The number of amidine groups is 1. The maximum atomic E-state index is 5.49. The van der Waals surface area contributed by atoms with Gasteiger partial charge in [0.15, 0.2) is 0 Å². The zero-order valence-corrected chi connectivity index (χ0v) is 8.46. The quantitative estimate of drug-likeness (QED) is 0.409. The zero-order valence-electron chi connectivity index (χ0n) is 8.46. The van der Waals surface area contributed by atoms with Crippen LogP contribution in [0.5, 0.6) is 0 Å². The van der Waals surface area contributed by atoms with Crippen LogP contribution in [0.2, 0.25) is 0 Å². The van der Waals surface area contributed by atoms with Crippen molar-refractivity contribution in [3.8, 4) is 0 Å². The van der Waals surface area contributed by atoms with E-state index in [4.69, 9.17) is 4.74 Å². The topological polar surface area (TPSA) is 15.5 Å². The minimum Gasteiger partial charge on any atom is -0.435 e. The van der Waals surface area contributed by atoms with Crippen LogP contribution in [0.25, 0.3) is 0 Å². The predicted octanol–water partition coefficient (Wildman–Crippen LogP) is 0.891. The second-order valence-electron chi connectivity index (χ2n) is 3.88. The maximum absolute atomic E-state index is 5.49. The van der Waals surface area contributed by atoms with E-state index >= 15 is 0 Å². The molecular weight excluding hydrogens is 164 g/mol. The molecule has 0 bridgehead atoms. The van der Waals surface area contributed by atoms with Crippen LogP contribution in [0.15, 0.2) is 0 Å². The second-order valence-corrected chi connectivity index (χ2v) is 3.88. The second kappa shape index (κ2) is 3.99. The van der Waals surface area contributed by atoms with Gasteiger partial charge in [-0.15, -0.1) is 0 Å². The van der Waals surface area contributed by atoms with E-state index in [1.54, 1.807) is 7.11 Å². The van der Waals surface area contributed by atoms with Crippen LogP contribution in [0.1, 0.15) is 25.7 Å². The van der Waals surface area contributed by atoms with E-state index in [1.165, 1.54) is 51.9 Å². The Morgan fingerprint density at radius 2 is 1.69 bits per heavy atom. The van der Waals surface area contributed by atoms with Crippen LogP contribution >= 0.6 is 0 Å². The highest BCUT2D eigenvalue weighted by Gasteiger charge is 2.28. The fraction of sp³-hybridized carbons (Fsp3) is 0.900. The zero-order chi connectivity index (χ0) is 9.10. The van der Waals surface area contributed by atoms with Gasteiger partial charge in [0.1, 0.15) is 0 Å². The number of methoxy groups -OCH3 is 1. The van der Waals surface area contributed by atoms with Gasteiger partial charge < -0.3 is 4.74 Å². The molecule has 0 N–H and O–H groups in total. The summed E-state index contributed by atoms with van der Waals surface area (Å²) in [6.45, 7) is 4.72. The Kier molecular flexibility index (Phi) is 2.71. The van der Waals surface area contributed by atoms with Gasteiger partial charge in [0.2, 0.25) is 0 Å². The molecule has 2 rings (SSSR count). The molecule has 3 nitrogen and oxygen atoms in total. The molecule has 2 aliphatic heterocycles. The molecule has 0 atom stereocenters. The van der Waals surface area contributed by atoms with Crippen LogP contribution in [-0.2, 0) is 4.74 Å². The van der Waals surface area contributed by atoms with Gasteiger partial charge in [-0.25, -0.2) is 9.48 Å². The Labute approximate surface area is 80.0 Å². The van der Waals surface area contributed by atoms with Crippen LogP contribution in [0, 0.1) is 0 Å². The van der Waals surface area contributed by atoms with Crippen LogP contribution in [0.4, 0.5) is 0 Å². The van der Waals surface area contributed by atoms with Crippen molar-refractivity contribution in [2.24, 2.45) is 0 Å². The molecule has 13 heavy (non-hydrogen) atoms. The molecule has 0 aromatic rings. The first-order valence-electron chi connectivity index (χ1n) is 5.32. The highest BCUT2D eigenvalue weighted by molar-refractivity contribution is 5.68. The monoisotopic (exact) mass is 183 g/mol. The predicted molar refractivity (Wildman–Crippen MR) is 52.1 cm³/mol. The van der Waals surface area contributed by atoms with Crippen LogP contribution in [-0.4, -0.2) is 48.8 Å². The van der Waals surface area contributed by atoms with Crippen molar-refractivity contribution in [1.82, 2.24) is 4.90 Å². The molecule has 0 aliphatic carbocycles. The van der Waals surface area contributed by atoms with E-state index in [9.17, 15) is 0 Å². The summed E-state index contributed by atoms with van der Waals surface area (Å²) in [6.07, 6.45) is 5.28. The van der Waals surface area contributed by atoms with Crippen molar-refractivity contribution < 1.29 is 9.31 Å². The minimum atomic E-state index is 1.12. The molecule has 2 saturated heterocycles. The average Bonchev–Trinajstić information content (AvgIpc) is 2.76. The number of hydrogen-bond acceptors (Lipinski definition) is 1. The van der Waals surface area contributed by atoms with Gasteiger partial charge in [0, 0.05) is 0 Å². The molecular formula is C10H19N2O+. The van der Waals surface area contributed by atoms with Crippen molar-refractivity contribution in [3.63, 3.8) is 0 Å². The molecule has 3 heteroatoms. The summed E-state index contributed by atoms with van der Waals surface area (Å²) in [7, 11) is 1.80. The SMILES string of the molecule is COC(N1CCCC1)=[N+]1CCCC1. The summed E-state index contributed by atoms with van der Waals surface area (Å²) in [5.74, 6) is 0. The third-order valence-electron chi connectivity index (χ3n) is 2.94. The summed E-state index contributed by atoms with van der Waals surface area (Å²) in [4.78, 5) is 2.38. The van der Waals surface area contributed by atoms with E-state index in [-0.39, 0.29) is 0 Å². The smallest absolute Gasteiger partial charge is 0.435 e. The van der Waals surface area contributed by atoms with E-state index in [1.807, 2.05) is 0 Å². The van der Waals surface area contributed by atoms with Crippen molar-refractivity contribution >= 4 is 6.02 Å². The summed E-state index contributed by atoms with van der Waals surface area (Å²) in [5.41, 5.74) is 0. The van der Waals surface area contributed by atoms with Gasteiger partial charge in [-0.3, -0.25) is 0 Å². The van der Waals surface area contributed by atoms with E-state index in [2.05, 4.69) is 9.48 Å². The first-order chi connectivity index (χ1) is 6.42. The van der Waals surface area contributed by atoms with Crippen molar-refractivity contribution in [1.29, 1.82) is 0 Å². The van der Waals surface area contributed by atoms with Crippen molar-refractivity contribution in [3.05, 3.63) is 0 Å². The standard InChI is InChI=1S/C10H19N2O/c1-13-10(11-6-2-3-7-11)12-8-4-5-9-12/h2-9H2,1H3/q+1. The van der Waals surface area contributed by atoms with E-state index in [0.717, 1.165) is 6.02 Å². The lowest BCUT2D eigenvalue weighted by atomic mass is 10.4. The van der Waals surface area contributed by atoms with E-state index in [0.29, 0.717) is 0 Å². The van der Waals surface area contributed by atoms with Gasteiger partial charge >= 0.3 is 6.02 Å². The molecule has 0 saturated carbocycles. The Morgan fingerprint density at radius 1 is 1.08 bits per heavy atom. The van der Waals surface area contributed by atoms with Gasteiger partial charge in [-0.2, -0.15) is 0 Å². The van der Waals surface area contributed by atoms with Crippen LogP contribution in [0.3, 0.4) is 0 Å². The summed E-state index contributed by atoms with van der Waals surface area (Å²) in [6, 6.07) is 1.12. The van der Waals surface area contributed by atoms with Crippen molar-refractivity contribution in [2.45, 2.75) is 25.7 Å². The van der Waals surface area contributed by atoms with Crippen LogP contribution < -0.4 is 0 Å². The number of ether oxygens (including phenoxy) is 1. The molecule has 74 valence electrons. The normalized spacial score (nSPS) is 22.5. The third kappa shape index (κ3) is 1.79. The number of rotatable bonds is 0. The summed E-state index contributed by atoms with van der Waals surface area (Å²) < 4.78 is 7.87. The molecule has 0 unspecified atom stereocenters. The molecule has 2 fully saturated rings. The van der Waals surface area contributed by atoms with Gasteiger partial charge in [-0.05, 0) is 25.7 Å². The Hall–Kier alpha value is -0.730. The number of likely N-dealkylation sites (tertiary alicyclic amines) is 1. The molecule has 0 aromatic heterocycles. The lowest BCUT2D eigenvalue weighted by molar-refractivity contribution is -0.520. The molecule has 2 heterocycles. The Bertz CT molecular complexity index is 199. The molecule has 0 spiro atoms. The van der Waals surface area contributed by atoms with E-state index < -0.39 is 0 Å². The molecule has 2 aliphatic rings. The first kappa shape index (κ1) is 8.85. The fourth-order valence-corrected chi connectivity index (χ4v) is 2.28. The highest BCUT2D eigenvalue weighted by Crippen LogP contribution is 2.11. The molecule has 0 amide bonds. The van der Waals surface area contributed by atoms with Crippen molar-refractivity contribution in [2.75, 3.05) is 33.3 Å². The maximum Gasteiger partial charge on any atom is 0.445 e. The minimum absolute atomic E-state index is 1.12. The lowest BCUT2D eigenvalue weighted by Crippen LogP contribution is -2.36. The first-order valence-corrected chi connectivity index (χ1v) is 5.32. The van der Waals surface area contributed by atoms with Gasteiger partial charge in [0.25, 0.3) is 0 Å². The molecule has 0 radical (unpaired) electrons. The third-order valence-corrected chi connectivity index (χ3v) is 2.94. The fourth-order valence-electron chi connectivity index (χ4n) is 2.28. The van der Waals surface area contributed by atoms with Gasteiger partial charge in [0.05, 0.1) is 33.3 Å². The molecule has 0 aromatic carbocycles. The Morgan fingerprint density at radius 3 is 2.23 bits per heavy atom. The number of hydrogen-bond donors (Lipinski definition) is 0. The number of nitrogens with zero attached hydrogens (tertiary/aromatic N) is 2. The largest absolute Gasteiger partial charge is 0.445 e. The summed E-state index contributed by atoms with van der Waals surface area (Å²) >= 11 is 0. The summed E-state index contributed by atoms with van der Waals surface area (Å²) in [5, 5.41) is 0. The lowest BCUT2D eigenvalue weighted by Gasteiger charge is -2.13. The highest BCUT2D eigenvalue weighted by atomic mass is 16.5.